The number of Topliss-reactive ketones (excluding diaryl/α,β-unsaturated/α-hetero) is 1. The van der Waals surface area contributed by atoms with E-state index in [0.29, 0.717) is 6.42 Å². The van der Waals surface area contributed by atoms with E-state index in [2.05, 4.69) is 77.6 Å². The zero-order valence-electron chi connectivity index (χ0n) is 7.28. The highest BCUT2D eigenvalue weighted by Gasteiger charge is 2.53. The standard InChI is InChI=1S/C8H10Br4O/c1-7(2)3-4(13)8(11,12)6(10)5(7)9/h5-6H,3H2,1-2H3. The minimum absolute atomic E-state index is 0.00368. The zero-order chi connectivity index (χ0) is 10.4. The van der Waals surface area contributed by atoms with Crippen LogP contribution in [0.25, 0.3) is 0 Å². The molecule has 0 aromatic heterocycles. The van der Waals surface area contributed by atoms with Gasteiger partial charge in [0.15, 0.2) is 9.02 Å². The maximum Gasteiger partial charge on any atom is 0.161 e. The Morgan fingerprint density at radius 1 is 1.23 bits per heavy atom. The van der Waals surface area contributed by atoms with Crippen molar-refractivity contribution in [3.8, 4) is 0 Å². The number of ketones is 1. The molecule has 1 rings (SSSR count). The smallest absolute Gasteiger partial charge is 0.161 e. The van der Waals surface area contributed by atoms with Crippen molar-refractivity contribution in [2.75, 3.05) is 0 Å². The van der Waals surface area contributed by atoms with Gasteiger partial charge in [-0.25, -0.2) is 0 Å². The third-order valence-electron chi connectivity index (χ3n) is 2.34. The van der Waals surface area contributed by atoms with Crippen LogP contribution in [0.15, 0.2) is 0 Å². The van der Waals surface area contributed by atoms with Crippen molar-refractivity contribution >= 4 is 69.5 Å². The van der Waals surface area contributed by atoms with Crippen LogP contribution in [0.4, 0.5) is 0 Å². The topological polar surface area (TPSA) is 17.1 Å². The summed E-state index contributed by atoms with van der Waals surface area (Å²) in [4.78, 5) is 12.1. The fraction of sp³-hybridized carbons (Fsp3) is 0.875. The van der Waals surface area contributed by atoms with Crippen LogP contribution in [0.1, 0.15) is 20.3 Å². The van der Waals surface area contributed by atoms with Crippen LogP contribution in [-0.2, 0) is 4.79 Å². The molecule has 5 heteroatoms. The minimum Gasteiger partial charge on any atom is -0.297 e. The van der Waals surface area contributed by atoms with E-state index in [-0.39, 0.29) is 20.9 Å². The number of halogens is 4. The number of rotatable bonds is 0. The summed E-state index contributed by atoms with van der Waals surface area (Å²) in [6.45, 7) is 4.18. The highest BCUT2D eigenvalue weighted by Crippen LogP contribution is 2.51. The number of carbonyl (C=O) groups excluding carboxylic acids is 1. The molecule has 0 N–H and O–H groups in total. The quantitative estimate of drug-likeness (QED) is 0.519. The molecule has 1 nitrogen and oxygen atoms in total. The number of hydrogen-bond donors (Lipinski definition) is 0. The van der Waals surface area contributed by atoms with Gasteiger partial charge in [-0.1, -0.05) is 77.6 Å². The fourth-order valence-corrected chi connectivity index (χ4v) is 4.41. The molecule has 0 aromatic carbocycles. The van der Waals surface area contributed by atoms with E-state index in [4.69, 9.17) is 0 Å². The van der Waals surface area contributed by atoms with E-state index >= 15 is 0 Å². The van der Waals surface area contributed by atoms with E-state index in [0.717, 1.165) is 0 Å². The molecule has 0 radical (unpaired) electrons. The van der Waals surface area contributed by atoms with Gasteiger partial charge in [-0.05, 0) is 5.41 Å². The molecule has 0 amide bonds. The van der Waals surface area contributed by atoms with Crippen molar-refractivity contribution in [2.24, 2.45) is 5.41 Å². The Morgan fingerprint density at radius 3 is 2.15 bits per heavy atom. The summed E-state index contributed by atoms with van der Waals surface area (Å²) in [5, 5.41) is 0. The van der Waals surface area contributed by atoms with E-state index in [9.17, 15) is 4.79 Å². The lowest BCUT2D eigenvalue weighted by atomic mass is 9.76. The Kier molecular flexibility index (Phi) is 3.77. The van der Waals surface area contributed by atoms with E-state index < -0.39 is 3.23 Å². The lowest BCUT2D eigenvalue weighted by Gasteiger charge is -2.43. The predicted octanol–water partition coefficient (Wildman–Crippen LogP) is 4.00. The third-order valence-corrected chi connectivity index (χ3v) is 9.13. The van der Waals surface area contributed by atoms with Gasteiger partial charge < -0.3 is 0 Å². The monoisotopic (exact) mass is 438 g/mol. The van der Waals surface area contributed by atoms with Crippen molar-refractivity contribution in [1.82, 2.24) is 0 Å². The molecule has 76 valence electrons. The maximum absolute atomic E-state index is 11.7. The van der Waals surface area contributed by atoms with E-state index in [1.807, 2.05) is 0 Å². The van der Waals surface area contributed by atoms with Crippen LogP contribution in [-0.4, -0.2) is 18.7 Å². The van der Waals surface area contributed by atoms with Crippen LogP contribution >= 0.6 is 63.7 Å². The van der Waals surface area contributed by atoms with Gasteiger partial charge in [0, 0.05) is 11.2 Å². The summed E-state index contributed by atoms with van der Waals surface area (Å²) in [6, 6.07) is 0. The molecule has 0 aliphatic heterocycles. The first-order valence-corrected chi connectivity index (χ1v) is 7.30. The molecule has 1 fully saturated rings. The Hall–Kier alpha value is 1.59. The summed E-state index contributed by atoms with van der Waals surface area (Å²) in [5.41, 5.74) is -0.00368. The SMILES string of the molecule is CC1(C)CC(=O)C(Br)(Br)C(Br)C1Br. The molecule has 2 unspecified atom stereocenters. The molecule has 0 bridgehead atoms. The summed E-state index contributed by atoms with van der Waals surface area (Å²) >= 11 is 14.0. The van der Waals surface area contributed by atoms with Crippen molar-refractivity contribution in [3.05, 3.63) is 0 Å². The minimum atomic E-state index is -0.621. The predicted molar refractivity (Wildman–Crippen MR) is 69.4 cm³/mol. The molecule has 0 heterocycles. The molecule has 1 aliphatic rings. The highest BCUT2D eigenvalue weighted by atomic mass is 79.9. The normalized spacial score (nSPS) is 37.5. The van der Waals surface area contributed by atoms with Gasteiger partial charge in [0.2, 0.25) is 0 Å². The van der Waals surface area contributed by atoms with Crippen molar-refractivity contribution in [2.45, 2.75) is 33.2 Å². The van der Waals surface area contributed by atoms with Gasteiger partial charge in [-0.15, -0.1) is 0 Å². The summed E-state index contributed by atoms with van der Waals surface area (Å²) in [7, 11) is 0. The molecule has 0 saturated heterocycles. The second-order valence-corrected chi connectivity index (χ2v) is 9.55. The van der Waals surface area contributed by atoms with Gasteiger partial charge >= 0.3 is 0 Å². The van der Waals surface area contributed by atoms with Gasteiger partial charge in [0.05, 0.1) is 4.83 Å². The summed E-state index contributed by atoms with van der Waals surface area (Å²) in [5.74, 6) is 0.190. The highest BCUT2D eigenvalue weighted by molar-refractivity contribution is 9.26. The molecular formula is C8H10Br4O. The second-order valence-electron chi connectivity index (χ2n) is 4.02. The fourth-order valence-electron chi connectivity index (χ4n) is 1.36. The lowest BCUT2D eigenvalue weighted by Crippen LogP contribution is -2.52. The number of hydrogen-bond acceptors (Lipinski definition) is 1. The number of alkyl halides is 4. The zero-order valence-corrected chi connectivity index (χ0v) is 13.6. The molecule has 1 saturated carbocycles. The summed E-state index contributed by atoms with van der Waals surface area (Å²) < 4.78 is -0.621. The van der Waals surface area contributed by atoms with E-state index in [1.54, 1.807) is 0 Å². The molecule has 1 aliphatic carbocycles. The molecule has 0 spiro atoms. The lowest BCUT2D eigenvalue weighted by molar-refractivity contribution is -0.122. The Balaban J connectivity index is 3.00. The maximum atomic E-state index is 11.7. The third kappa shape index (κ3) is 2.23. The van der Waals surface area contributed by atoms with Crippen LogP contribution in [0.5, 0.6) is 0 Å². The average Bonchev–Trinajstić information content (AvgIpc) is 1.98. The van der Waals surface area contributed by atoms with Gasteiger partial charge in [0.1, 0.15) is 0 Å². The van der Waals surface area contributed by atoms with Crippen molar-refractivity contribution < 1.29 is 4.79 Å². The van der Waals surface area contributed by atoms with Crippen LogP contribution in [0, 0.1) is 5.41 Å². The summed E-state index contributed by atoms with van der Waals surface area (Å²) in [6.07, 6.45) is 0.571. The largest absolute Gasteiger partial charge is 0.297 e. The van der Waals surface area contributed by atoms with Crippen LogP contribution in [0.3, 0.4) is 0 Å². The van der Waals surface area contributed by atoms with Gasteiger partial charge in [-0.3, -0.25) is 4.79 Å². The second kappa shape index (κ2) is 3.87. The van der Waals surface area contributed by atoms with E-state index in [1.165, 1.54) is 0 Å². The Morgan fingerprint density at radius 2 is 1.69 bits per heavy atom. The van der Waals surface area contributed by atoms with Crippen LogP contribution in [0.2, 0.25) is 0 Å². The molecule has 0 aromatic rings. The van der Waals surface area contributed by atoms with Crippen LogP contribution < -0.4 is 0 Å². The van der Waals surface area contributed by atoms with Gasteiger partial charge in [0.25, 0.3) is 0 Å². The van der Waals surface area contributed by atoms with Gasteiger partial charge in [-0.2, -0.15) is 0 Å². The van der Waals surface area contributed by atoms with Crippen molar-refractivity contribution in [3.63, 3.8) is 0 Å². The Labute approximate surface area is 112 Å². The first-order valence-electron chi connectivity index (χ1n) is 3.89. The molecule has 13 heavy (non-hydrogen) atoms. The first kappa shape index (κ1) is 12.7. The average molecular weight is 442 g/mol. The Bertz CT molecular complexity index is 236. The first-order chi connectivity index (χ1) is 5.69. The molecule has 2 atom stereocenters. The molecular weight excluding hydrogens is 432 g/mol. The van der Waals surface area contributed by atoms with Crippen molar-refractivity contribution in [1.29, 1.82) is 0 Å². The number of carbonyl (C=O) groups is 1.